The summed E-state index contributed by atoms with van der Waals surface area (Å²) in [6.45, 7) is 4.00. The van der Waals surface area contributed by atoms with Gasteiger partial charge in [-0.3, -0.25) is 0 Å². The van der Waals surface area contributed by atoms with Crippen LogP contribution >= 0.6 is 11.0 Å². The van der Waals surface area contributed by atoms with Crippen molar-refractivity contribution in [2.24, 2.45) is 0 Å². The molecule has 0 unspecified atom stereocenters. The molecular formula is C34H36LiN3O2P2Se2. The molecule has 0 aliphatic carbocycles. The summed E-state index contributed by atoms with van der Waals surface area (Å²) in [4.78, 5) is 0. The van der Waals surface area contributed by atoms with Gasteiger partial charge in [-0.2, -0.15) is 0 Å². The third-order valence-corrected chi connectivity index (χ3v) is 20.8. The van der Waals surface area contributed by atoms with Crippen molar-refractivity contribution in [2.75, 3.05) is 26.4 Å². The molecule has 2 aliphatic heterocycles. The maximum absolute atomic E-state index is 4.94. The Morgan fingerprint density at radius 1 is 0.500 bits per heavy atom. The zero-order chi connectivity index (χ0) is 29.8. The standard InChI is InChI=1S/C26H20N3P2Se2.2C4H8O.Li/c32-30(21-13-5-1-6-14-21,22-15-7-2-8-16-22)25-26(28-29-27-25)31(33,23-17-9-3-10-18-23)24-19-11-4-12-20-24;2*1-2-4-5-3-1;/h1-20H;2*1-4H2;/q-1;;;+1. The van der Waals surface area contributed by atoms with Crippen molar-refractivity contribution in [3.63, 3.8) is 0 Å². The molecule has 7 rings (SSSR count). The summed E-state index contributed by atoms with van der Waals surface area (Å²) >= 11 is 7.23. The summed E-state index contributed by atoms with van der Waals surface area (Å²) in [5, 5.41) is 18.6. The molecular weight excluding hydrogens is 709 g/mol. The van der Waals surface area contributed by atoms with Gasteiger partial charge in [-0.1, -0.05) is 0 Å². The fourth-order valence-electron chi connectivity index (χ4n) is 4.96. The monoisotopic (exact) mass is 747 g/mol. The van der Waals surface area contributed by atoms with E-state index in [-0.39, 0.29) is 18.9 Å². The van der Waals surface area contributed by atoms with Crippen LogP contribution in [0.25, 0.3) is 0 Å². The van der Waals surface area contributed by atoms with Gasteiger partial charge >= 0.3 is 229 Å². The van der Waals surface area contributed by atoms with Gasteiger partial charge in [-0.25, -0.2) is 0 Å². The van der Waals surface area contributed by atoms with Crippen LogP contribution in [0.2, 0.25) is 0 Å². The number of nitrogens with zero attached hydrogens (tertiary/aromatic N) is 3. The molecule has 3 heterocycles. The van der Waals surface area contributed by atoms with Crippen molar-refractivity contribution in [1.29, 1.82) is 0 Å². The van der Waals surface area contributed by atoms with Crippen LogP contribution in [0, 0.1) is 0 Å². The summed E-state index contributed by atoms with van der Waals surface area (Å²) in [5.41, 5.74) is -2.53. The maximum atomic E-state index is 4.94. The molecule has 5 nitrogen and oxygen atoms in total. The summed E-state index contributed by atoms with van der Waals surface area (Å²) in [6.07, 6.45) is 5.11. The van der Waals surface area contributed by atoms with Crippen LogP contribution in [0.15, 0.2) is 121 Å². The first-order chi connectivity index (χ1) is 21.1. The molecule has 2 aliphatic rings. The van der Waals surface area contributed by atoms with Crippen LogP contribution in [-0.2, 0) is 9.47 Å². The number of benzene rings is 4. The van der Waals surface area contributed by atoms with E-state index in [1.54, 1.807) is 0 Å². The van der Waals surface area contributed by atoms with E-state index < -0.39 is 11.0 Å². The van der Waals surface area contributed by atoms with Crippen molar-refractivity contribution in [3.8, 4) is 0 Å². The van der Waals surface area contributed by atoms with Gasteiger partial charge in [0.1, 0.15) is 0 Å². The average Bonchev–Trinajstić information content (AvgIpc) is 3.92. The van der Waals surface area contributed by atoms with E-state index in [2.05, 4.69) is 132 Å². The molecule has 1 aromatic heterocycles. The van der Waals surface area contributed by atoms with Crippen LogP contribution in [0.1, 0.15) is 25.7 Å². The molecule has 10 heteroatoms. The Balaban J connectivity index is 0.000000340. The second kappa shape index (κ2) is 18.0. The van der Waals surface area contributed by atoms with Gasteiger partial charge in [0, 0.05) is 26.4 Å². The van der Waals surface area contributed by atoms with E-state index in [0.29, 0.717) is 0 Å². The third kappa shape index (κ3) is 8.42. The molecule has 0 N–H and O–H groups in total. The van der Waals surface area contributed by atoms with Gasteiger partial charge in [0.25, 0.3) is 0 Å². The normalized spacial score (nSPS) is 14.4. The molecule has 0 bridgehead atoms. The fourth-order valence-corrected chi connectivity index (χ4v) is 16.3. The fraction of sp³-hybridized carbons (Fsp3) is 0.235. The Morgan fingerprint density at radius 2 is 0.818 bits per heavy atom. The summed E-state index contributed by atoms with van der Waals surface area (Å²) in [5.74, 6) is 0. The van der Waals surface area contributed by atoms with Gasteiger partial charge in [0.05, 0.1) is 0 Å². The first-order valence-electron chi connectivity index (χ1n) is 14.6. The quantitative estimate of drug-likeness (QED) is 0.190. The average molecular weight is 745 g/mol. The van der Waals surface area contributed by atoms with Crippen LogP contribution < -0.4 is 56.0 Å². The summed E-state index contributed by atoms with van der Waals surface area (Å²) < 4.78 is 9.89. The van der Waals surface area contributed by atoms with E-state index in [0.717, 1.165) is 37.3 Å². The van der Waals surface area contributed by atoms with Crippen molar-refractivity contribution >= 4 is 73.3 Å². The third-order valence-electron chi connectivity index (χ3n) is 7.21. The van der Waals surface area contributed by atoms with Gasteiger partial charge in [-0.05, 0) is 25.7 Å². The minimum absolute atomic E-state index is 0. The predicted molar refractivity (Wildman–Crippen MR) is 184 cm³/mol. The predicted octanol–water partition coefficient (Wildman–Crippen LogP) is 0.786. The van der Waals surface area contributed by atoms with Crippen LogP contribution in [0.4, 0.5) is 0 Å². The van der Waals surface area contributed by atoms with Crippen LogP contribution in [0.5, 0.6) is 0 Å². The Labute approximate surface area is 288 Å². The number of ether oxygens (including phenoxy) is 2. The summed E-state index contributed by atoms with van der Waals surface area (Å²) in [7, 11) is 0. The molecule has 0 atom stereocenters. The first-order valence-corrected chi connectivity index (χ1v) is 22.6. The van der Waals surface area contributed by atoms with E-state index in [1.165, 1.54) is 46.9 Å². The molecule has 44 heavy (non-hydrogen) atoms. The van der Waals surface area contributed by atoms with Gasteiger partial charge in [0.2, 0.25) is 0 Å². The molecule has 2 fully saturated rings. The first kappa shape index (κ1) is 35.3. The molecule has 222 valence electrons. The second-order valence-electron chi connectivity index (χ2n) is 10.1. The van der Waals surface area contributed by atoms with E-state index in [9.17, 15) is 0 Å². The number of hydrogen-bond donors (Lipinski definition) is 0. The summed E-state index contributed by atoms with van der Waals surface area (Å²) in [6, 6.07) is 42.3. The Morgan fingerprint density at radius 3 is 1.11 bits per heavy atom. The SMILES string of the molecule is C1CCOC1.C1CCOC1.[Li+].[Se]=P(c1ccccc1)(c1ccccc1)c1nn[n-]c1P(=[Se])(c1ccccc1)c1ccccc1. The number of rotatable bonds is 6. The van der Waals surface area contributed by atoms with Crippen LogP contribution in [0.3, 0.4) is 0 Å². The van der Waals surface area contributed by atoms with Crippen molar-refractivity contribution < 1.29 is 28.3 Å². The molecule has 0 amide bonds. The van der Waals surface area contributed by atoms with E-state index >= 15 is 0 Å². The molecule has 4 aromatic carbocycles. The molecule has 5 aromatic rings. The molecule has 2 saturated heterocycles. The zero-order valence-corrected chi connectivity index (χ0v) is 30.3. The number of aromatic nitrogens is 3. The van der Waals surface area contributed by atoms with Gasteiger partial charge in [-0.15, -0.1) is 0 Å². The molecule has 0 radical (unpaired) electrons. The van der Waals surface area contributed by atoms with E-state index in [1.807, 2.05) is 24.3 Å². The Hall–Kier alpha value is -1.56. The topological polar surface area (TPSA) is 58.3 Å². The van der Waals surface area contributed by atoms with E-state index in [4.69, 9.17) is 19.7 Å². The Kier molecular flexibility index (Phi) is 14.4. The zero-order valence-electron chi connectivity index (χ0n) is 25.1. The van der Waals surface area contributed by atoms with Crippen molar-refractivity contribution in [2.45, 2.75) is 25.7 Å². The number of hydrogen-bond acceptors (Lipinski definition) is 4. The van der Waals surface area contributed by atoms with Gasteiger partial charge in [0.15, 0.2) is 0 Å². The van der Waals surface area contributed by atoms with Crippen molar-refractivity contribution in [1.82, 2.24) is 15.4 Å². The van der Waals surface area contributed by atoms with Crippen LogP contribution in [-0.4, -0.2) is 66.9 Å². The Bertz CT molecular complexity index is 1410. The van der Waals surface area contributed by atoms with Crippen molar-refractivity contribution in [3.05, 3.63) is 121 Å². The minimum atomic E-state index is -2.21. The second-order valence-corrected chi connectivity index (χ2v) is 22.4. The molecule has 0 saturated carbocycles. The van der Waals surface area contributed by atoms with Gasteiger partial charge < -0.3 is 9.47 Å². The molecule has 0 spiro atoms.